The summed E-state index contributed by atoms with van der Waals surface area (Å²) in [7, 11) is 0. The van der Waals surface area contributed by atoms with Gasteiger partial charge in [0.25, 0.3) is 0 Å². The van der Waals surface area contributed by atoms with Crippen LogP contribution in [0, 0.1) is 11.8 Å². The SMILES string of the molecule is CC(C)CNCC(O)COC1CCC(C)CC1. The van der Waals surface area contributed by atoms with Crippen LogP contribution in [0.25, 0.3) is 0 Å². The lowest BCUT2D eigenvalue weighted by Gasteiger charge is -2.27. The first-order valence-electron chi connectivity index (χ1n) is 7.08. The van der Waals surface area contributed by atoms with Crippen LogP contribution < -0.4 is 5.32 Å². The van der Waals surface area contributed by atoms with Gasteiger partial charge in [0.05, 0.1) is 18.8 Å². The Morgan fingerprint density at radius 2 is 1.82 bits per heavy atom. The first-order chi connectivity index (χ1) is 8.08. The molecule has 1 unspecified atom stereocenters. The lowest BCUT2D eigenvalue weighted by Crippen LogP contribution is -2.34. The van der Waals surface area contributed by atoms with Crippen LogP contribution in [0.4, 0.5) is 0 Å². The van der Waals surface area contributed by atoms with Crippen molar-refractivity contribution >= 4 is 0 Å². The third kappa shape index (κ3) is 7.02. The average Bonchev–Trinajstić information content (AvgIpc) is 2.28. The maximum Gasteiger partial charge on any atom is 0.0897 e. The second-order valence-electron chi connectivity index (χ2n) is 5.92. The fourth-order valence-corrected chi connectivity index (χ4v) is 2.24. The van der Waals surface area contributed by atoms with Gasteiger partial charge in [0.2, 0.25) is 0 Å². The summed E-state index contributed by atoms with van der Waals surface area (Å²) < 4.78 is 5.76. The van der Waals surface area contributed by atoms with Crippen LogP contribution in [0.1, 0.15) is 46.5 Å². The van der Waals surface area contributed by atoms with Gasteiger partial charge < -0.3 is 15.2 Å². The monoisotopic (exact) mass is 243 g/mol. The highest BCUT2D eigenvalue weighted by Gasteiger charge is 2.19. The minimum Gasteiger partial charge on any atom is -0.389 e. The van der Waals surface area contributed by atoms with Gasteiger partial charge >= 0.3 is 0 Å². The van der Waals surface area contributed by atoms with Gasteiger partial charge in [-0.3, -0.25) is 0 Å². The summed E-state index contributed by atoms with van der Waals surface area (Å²) in [5, 5.41) is 13.0. The fourth-order valence-electron chi connectivity index (χ4n) is 2.24. The Hall–Kier alpha value is -0.120. The molecule has 0 bridgehead atoms. The van der Waals surface area contributed by atoms with E-state index in [4.69, 9.17) is 4.74 Å². The van der Waals surface area contributed by atoms with Crippen molar-refractivity contribution in [2.45, 2.75) is 58.7 Å². The molecule has 0 heterocycles. The smallest absolute Gasteiger partial charge is 0.0897 e. The highest BCUT2D eigenvalue weighted by molar-refractivity contribution is 4.71. The molecule has 3 heteroatoms. The van der Waals surface area contributed by atoms with E-state index in [1.807, 2.05) is 0 Å². The molecule has 1 atom stereocenters. The molecule has 0 spiro atoms. The van der Waals surface area contributed by atoms with Crippen molar-refractivity contribution in [2.75, 3.05) is 19.7 Å². The van der Waals surface area contributed by atoms with E-state index in [0.29, 0.717) is 25.2 Å². The Morgan fingerprint density at radius 3 is 2.41 bits per heavy atom. The van der Waals surface area contributed by atoms with E-state index < -0.39 is 0 Å². The van der Waals surface area contributed by atoms with E-state index in [0.717, 1.165) is 25.3 Å². The molecule has 1 saturated carbocycles. The van der Waals surface area contributed by atoms with E-state index >= 15 is 0 Å². The summed E-state index contributed by atoms with van der Waals surface area (Å²) in [4.78, 5) is 0. The summed E-state index contributed by atoms with van der Waals surface area (Å²) in [6.07, 6.45) is 4.87. The summed E-state index contributed by atoms with van der Waals surface area (Å²) in [5.41, 5.74) is 0. The van der Waals surface area contributed by atoms with Crippen molar-refractivity contribution < 1.29 is 9.84 Å². The van der Waals surface area contributed by atoms with Gasteiger partial charge in [-0.1, -0.05) is 20.8 Å². The first kappa shape index (κ1) is 14.9. The Kier molecular flexibility index (Phi) is 7.09. The molecule has 1 fully saturated rings. The standard InChI is InChI=1S/C14H29NO2/c1-11(2)8-15-9-13(16)10-17-14-6-4-12(3)5-7-14/h11-16H,4-10H2,1-3H3. The Labute approximate surface area is 106 Å². The van der Waals surface area contributed by atoms with Gasteiger partial charge in [0.1, 0.15) is 0 Å². The molecule has 0 aromatic carbocycles. The Balaban J connectivity index is 2.01. The van der Waals surface area contributed by atoms with E-state index in [-0.39, 0.29) is 6.10 Å². The molecule has 0 aromatic heterocycles. The van der Waals surface area contributed by atoms with Crippen LogP contribution in [0.3, 0.4) is 0 Å². The largest absolute Gasteiger partial charge is 0.389 e. The van der Waals surface area contributed by atoms with E-state index in [9.17, 15) is 5.11 Å². The quantitative estimate of drug-likeness (QED) is 0.720. The molecule has 1 aliphatic carbocycles. The Bertz CT molecular complexity index is 189. The number of hydrogen-bond donors (Lipinski definition) is 2. The third-order valence-electron chi connectivity index (χ3n) is 3.42. The van der Waals surface area contributed by atoms with Gasteiger partial charge in [-0.25, -0.2) is 0 Å². The van der Waals surface area contributed by atoms with Crippen LogP contribution in [0.2, 0.25) is 0 Å². The van der Waals surface area contributed by atoms with Crippen LogP contribution in [0.15, 0.2) is 0 Å². The summed E-state index contributed by atoms with van der Waals surface area (Å²) in [5.74, 6) is 1.48. The number of rotatable bonds is 7. The van der Waals surface area contributed by atoms with E-state index in [1.165, 1.54) is 12.8 Å². The van der Waals surface area contributed by atoms with Gasteiger partial charge in [-0.2, -0.15) is 0 Å². The van der Waals surface area contributed by atoms with Crippen molar-refractivity contribution in [3.8, 4) is 0 Å². The van der Waals surface area contributed by atoms with Crippen LogP contribution in [-0.4, -0.2) is 37.0 Å². The minimum atomic E-state index is -0.367. The molecular weight excluding hydrogens is 214 g/mol. The molecule has 0 aromatic rings. The van der Waals surface area contributed by atoms with E-state index in [1.54, 1.807) is 0 Å². The van der Waals surface area contributed by atoms with Crippen molar-refractivity contribution in [3.05, 3.63) is 0 Å². The molecule has 2 N–H and O–H groups in total. The fraction of sp³-hybridized carbons (Fsp3) is 1.00. The summed E-state index contributed by atoms with van der Waals surface area (Å²) >= 11 is 0. The molecule has 1 rings (SSSR count). The summed E-state index contributed by atoms with van der Waals surface area (Å²) in [6, 6.07) is 0. The van der Waals surface area contributed by atoms with Crippen molar-refractivity contribution in [1.29, 1.82) is 0 Å². The lowest BCUT2D eigenvalue weighted by atomic mass is 9.89. The van der Waals surface area contributed by atoms with Gasteiger partial charge in [-0.15, -0.1) is 0 Å². The van der Waals surface area contributed by atoms with Crippen LogP contribution in [0.5, 0.6) is 0 Å². The first-order valence-corrected chi connectivity index (χ1v) is 7.08. The maximum absolute atomic E-state index is 9.76. The summed E-state index contributed by atoms with van der Waals surface area (Å²) in [6.45, 7) is 8.71. The van der Waals surface area contributed by atoms with Crippen molar-refractivity contribution in [3.63, 3.8) is 0 Å². The topological polar surface area (TPSA) is 41.5 Å². The normalized spacial score (nSPS) is 27.4. The zero-order chi connectivity index (χ0) is 12.7. The van der Waals surface area contributed by atoms with E-state index in [2.05, 4.69) is 26.1 Å². The van der Waals surface area contributed by atoms with Crippen LogP contribution >= 0.6 is 0 Å². The predicted molar refractivity (Wildman–Crippen MR) is 71.1 cm³/mol. The Morgan fingerprint density at radius 1 is 1.18 bits per heavy atom. The zero-order valence-electron chi connectivity index (χ0n) is 11.6. The van der Waals surface area contributed by atoms with Gasteiger partial charge in [0, 0.05) is 6.54 Å². The molecule has 102 valence electrons. The molecular formula is C14H29NO2. The number of ether oxygens (including phenoxy) is 1. The molecule has 0 aliphatic heterocycles. The number of nitrogens with one attached hydrogen (secondary N) is 1. The highest BCUT2D eigenvalue weighted by atomic mass is 16.5. The van der Waals surface area contributed by atoms with Crippen molar-refractivity contribution in [2.24, 2.45) is 11.8 Å². The second-order valence-corrected chi connectivity index (χ2v) is 5.92. The molecule has 0 saturated heterocycles. The molecule has 3 nitrogen and oxygen atoms in total. The van der Waals surface area contributed by atoms with Gasteiger partial charge in [0.15, 0.2) is 0 Å². The van der Waals surface area contributed by atoms with Crippen molar-refractivity contribution in [1.82, 2.24) is 5.32 Å². The van der Waals surface area contributed by atoms with Crippen LogP contribution in [-0.2, 0) is 4.74 Å². The molecule has 17 heavy (non-hydrogen) atoms. The maximum atomic E-state index is 9.76. The molecule has 0 radical (unpaired) electrons. The third-order valence-corrected chi connectivity index (χ3v) is 3.42. The number of hydrogen-bond acceptors (Lipinski definition) is 3. The minimum absolute atomic E-state index is 0.367. The highest BCUT2D eigenvalue weighted by Crippen LogP contribution is 2.25. The number of aliphatic hydroxyl groups excluding tert-OH is 1. The lowest BCUT2D eigenvalue weighted by molar-refractivity contribution is -0.0278. The predicted octanol–water partition coefficient (Wildman–Crippen LogP) is 2.19. The molecule has 1 aliphatic rings. The molecule has 0 amide bonds. The average molecular weight is 243 g/mol. The second kappa shape index (κ2) is 8.06. The zero-order valence-corrected chi connectivity index (χ0v) is 11.6. The van der Waals surface area contributed by atoms with Gasteiger partial charge in [-0.05, 0) is 44.1 Å². The number of aliphatic hydroxyl groups is 1.